The second-order valence-corrected chi connectivity index (χ2v) is 8.95. The van der Waals surface area contributed by atoms with Crippen molar-refractivity contribution in [2.24, 2.45) is 0 Å². The first-order chi connectivity index (χ1) is 16.9. The lowest BCUT2D eigenvalue weighted by atomic mass is 10.0. The van der Waals surface area contributed by atoms with E-state index in [9.17, 15) is 23.1 Å². The predicted octanol–water partition coefficient (Wildman–Crippen LogP) is 6.03. The van der Waals surface area contributed by atoms with E-state index in [2.05, 4.69) is 10.1 Å². The van der Waals surface area contributed by atoms with Gasteiger partial charge in [0, 0.05) is 17.0 Å². The monoisotopic (exact) mass is 548 g/mol. The van der Waals surface area contributed by atoms with Gasteiger partial charge in [0.1, 0.15) is 17.4 Å². The molecule has 1 fully saturated rings. The van der Waals surface area contributed by atoms with Crippen LogP contribution in [0.1, 0.15) is 37.7 Å². The van der Waals surface area contributed by atoms with Crippen LogP contribution >= 0.6 is 11.6 Å². The molecule has 2 aromatic carbocycles. The van der Waals surface area contributed by atoms with Crippen molar-refractivity contribution in [3.8, 4) is 5.75 Å². The molecule has 1 aliphatic heterocycles. The zero-order valence-corrected chi connectivity index (χ0v) is 19.5. The first-order valence-corrected chi connectivity index (χ1v) is 11.4. The topological polar surface area (TPSA) is 74.9 Å². The van der Waals surface area contributed by atoms with E-state index >= 15 is 8.78 Å². The van der Waals surface area contributed by atoms with Crippen LogP contribution in [0.5, 0.6) is 5.75 Å². The molecule has 0 spiro atoms. The largest absolute Gasteiger partial charge is 0.573 e. The number of nitrogens with one attached hydrogen (secondary N) is 1. The molecule has 37 heavy (non-hydrogen) atoms. The molecule has 2 N–H and O–H groups in total. The van der Waals surface area contributed by atoms with Gasteiger partial charge in [0.15, 0.2) is 5.76 Å². The van der Waals surface area contributed by atoms with Crippen molar-refractivity contribution < 1.29 is 41.0 Å². The van der Waals surface area contributed by atoms with Crippen LogP contribution in [0, 0.1) is 0 Å². The van der Waals surface area contributed by atoms with Gasteiger partial charge in [0.05, 0.1) is 6.04 Å². The molecular weight excluding hydrogens is 523 g/mol. The van der Waals surface area contributed by atoms with Crippen molar-refractivity contribution >= 4 is 28.5 Å². The van der Waals surface area contributed by atoms with E-state index in [1.165, 1.54) is 30.3 Å². The SMILES string of the molecule is C.O=C(N[C@H](CN1CCCC1)[C@H](O)c1ccc(OC(F)(F)F)cc1)C(F)(F)c1cc2cc(Cl)ccc2o1. The van der Waals surface area contributed by atoms with Crippen LogP contribution in [-0.2, 0) is 10.7 Å². The van der Waals surface area contributed by atoms with Crippen LogP contribution < -0.4 is 10.1 Å². The van der Waals surface area contributed by atoms with Gasteiger partial charge in [-0.1, -0.05) is 31.2 Å². The molecule has 1 aromatic heterocycles. The van der Waals surface area contributed by atoms with Gasteiger partial charge in [-0.25, -0.2) is 0 Å². The highest BCUT2D eigenvalue weighted by Gasteiger charge is 2.46. The third kappa shape index (κ3) is 6.91. The normalized spacial score (nSPS) is 16.3. The second-order valence-electron chi connectivity index (χ2n) is 8.52. The number of halogens is 6. The Morgan fingerprint density at radius 2 is 1.73 bits per heavy atom. The molecule has 2 heterocycles. The van der Waals surface area contributed by atoms with E-state index in [4.69, 9.17) is 16.0 Å². The Morgan fingerprint density at radius 1 is 1.08 bits per heavy atom. The maximum Gasteiger partial charge on any atom is 0.573 e. The smallest absolute Gasteiger partial charge is 0.454 e. The number of carbonyl (C=O) groups excluding carboxylic acids is 1. The maximum absolute atomic E-state index is 15.1. The number of ether oxygens (including phenoxy) is 1. The summed E-state index contributed by atoms with van der Waals surface area (Å²) in [7, 11) is 0. The predicted molar refractivity (Wildman–Crippen MR) is 128 cm³/mol. The molecule has 1 saturated heterocycles. The number of hydrogen-bond donors (Lipinski definition) is 2. The van der Waals surface area contributed by atoms with Gasteiger partial charge in [0.25, 0.3) is 5.91 Å². The van der Waals surface area contributed by atoms with Crippen molar-refractivity contribution in [3.63, 3.8) is 0 Å². The van der Waals surface area contributed by atoms with E-state index in [0.717, 1.165) is 31.0 Å². The Bertz CT molecular complexity index is 1210. The van der Waals surface area contributed by atoms with Crippen LogP contribution in [0.25, 0.3) is 11.0 Å². The zero-order valence-electron chi connectivity index (χ0n) is 18.7. The third-order valence-electron chi connectivity index (χ3n) is 5.88. The summed E-state index contributed by atoms with van der Waals surface area (Å²) >= 11 is 5.88. The second kappa shape index (κ2) is 11.2. The first-order valence-electron chi connectivity index (χ1n) is 11.1. The summed E-state index contributed by atoms with van der Waals surface area (Å²) < 4.78 is 76.4. The summed E-state index contributed by atoms with van der Waals surface area (Å²) in [4.78, 5) is 14.6. The van der Waals surface area contributed by atoms with E-state index in [-0.39, 0.29) is 25.1 Å². The number of hydrogen-bond acceptors (Lipinski definition) is 5. The standard InChI is InChI=1S/C24H22ClF5N2O4.CH4/c25-16-5-8-19-15(11-16)12-20(35-19)23(26,27)22(34)31-18(13-32-9-1-2-10-32)21(33)14-3-6-17(7-4-14)36-24(28,29)30;/h3-8,11-12,18,21,33H,1-2,9-10,13H2,(H,31,34);1H4/t18-,21-;/m1./s1. The Balaban J connectivity index is 0.00000380. The molecule has 0 aliphatic carbocycles. The molecule has 6 nitrogen and oxygen atoms in total. The fraction of sp³-hybridized carbons (Fsp3) is 0.400. The van der Waals surface area contributed by atoms with Crippen molar-refractivity contribution in [2.45, 2.75) is 44.7 Å². The molecule has 0 saturated carbocycles. The zero-order chi connectivity index (χ0) is 26.1. The third-order valence-corrected chi connectivity index (χ3v) is 6.11. The number of nitrogens with zero attached hydrogens (tertiary/aromatic N) is 1. The molecule has 1 amide bonds. The van der Waals surface area contributed by atoms with Crippen LogP contribution in [0.2, 0.25) is 5.02 Å². The molecule has 202 valence electrons. The molecule has 2 atom stereocenters. The Hall–Kier alpha value is -2.89. The fourth-order valence-electron chi connectivity index (χ4n) is 4.11. The molecule has 12 heteroatoms. The van der Waals surface area contributed by atoms with E-state index in [1.807, 2.05) is 4.90 Å². The minimum absolute atomic E-state index is 0. The minimum atomic E-state index is -4.89. The Kier molecular flexibility index (Phi) is 8.71. The highest BCUT2D eigenvalue weighted by atomic mass is 35.5. The Labute approximate surface area is 214 Å². The molecule has 4 rings (SSSR count). The van der Waals surface area contributed by atoms with Gasteiger partial charge < -0.3 is 24.5 Å². The average Bonchev–Trinajstić information content (AvgIpc) is 3.47. The molecule has 0 unspecified atom stereocenters. The van der Waals surface area contributed by atoms with Crippen LogP contribution in [0.15, 0.2) is 52.9 Å². The molecule has 0 bridgehead atoms. The summed E-state index contributed by atoms with van der Waals surface area (Å²) in [5.74, 6) is -7.15. The Morgan fingerprint density at radius 3 is 2.35 bits per heavy atom. The number of alkyl halides is 5. The number of aliphatic hydroxyl groups excluding tert-OH is 1. The van der Waals surface area contributed by atoms with Crippen LogP contribution in [0.4, 0.5) is 22.0 Å². The van der Waals surface area contributed by atoms with Gasteiger partial charge in [-0.3, -0.25) is 4.79 Å². The van der Waals surface area contributed by atoms with E-state index in [1.54, 1.807) is 0 Å². The molecular formula is C25H26ClF5N2O4. The highest BCUT2D eigenvalue weighted by molar-refractivity contribution is 6.31. The number of carbonyl (C=O) groups is 1. The number of amides is 1. The van der Waals surface area contributed by atoms with Crippen molar-refractivity contribution in [3.05, 3.63) is 64.9 Å². The van der Waals surface area contributed by atoms with Crippen LogP contribution in [0.3, 0.4) is 0 Å². The number of rotatable bonds is 8. The summed E-state index contributed by atoms with van der Waals surface area (Å²) in [5, 5.41) is 13.7. The number of fused-ring (bicyclic) bond motifs is 1. The van der Waals surface area contributed by atoms with Gasteiger partial charge in [0.2, 0.25) is 0 Å². The first kappa shape index (κ1) is 28.7. The van der Waals surface area contributed by atoms with Gasteiger partial charge in [-0.2, -0.15) is 8.78 Å². The lowest BCUT2D eigenvalue weighted by Crippen LogP contribution is -2.50. The van der Waals surface area contributed by atoms with Crippen molar-refractivity contribution in [1.82, 2.24) is 10.2 Å². The van der Waals surface area contributed by atoms with Crippen molar-refractivity contribution in [2.75, 3.05) is 19.6 Å². The lowest BCUT2D eigenvalue weighted by molar-refractivity contribution is -0.274. The lowest BCUT2D eigenvalue weighted by Gasteiger charge is -2.29. The minimum Gasteiger partial charge on any atom is -0.454 e. The summed E-state index contributed by atoms with van der Waals surface area (Å²) in [6, 6.07) is 8.46. The van der Waals surface area contributed by atoms with Gasteiger partial charge in [-0.05, 0) is 67.9 Å². The number of likely N-dealkylation sites (tertiary alicyclic amines) is 1. The number of aliphatic hydroxyl groups is 1. The number of furan rings is 1. The fourth-order valence-corrected chi connectivity index (χ4v) is 4.29. The summed E-state index contributed by atoms with van der Waals surface area (Å²) in [6.07, 6.45) is -4.63. The summed E-state index contributed by atoms with van der Waals surface area (Å²) in [6.45, 7) is 1.36. The molecule has 3 aromatic rings. The van der Waals surface area contributed by atoms with Gasteiger partial charge in [-0.15, -0.1) is 13.2 Å². The highest BCUT2D eigenvalue weighted by Crippen LogP contribution is 2.35. The van der Waals surface area contributed by atoms with Crippen LogP contribution in [-0.4, -0.2) is 48.0 Å². The molecule has 1 aliphatic rings. The van der Waals surface area contributed by atoms with Crippen molar-refractivity contribution in [1.29, 1.82) is 0 Å². The average molecular weight is 549 g/mol. The number of benzene rings is 2. The quantitative estimate of drug-likeness (QED) is 0.336. The maximum atomic E-state index is 15.1. The molecule has 0 radical (unpaired) electrons. The van der Waals surface area contributed by atoms with E-state index < -0.39 is 41.8 Å². The van der Waals surface area contributed by atoms with E-state index in [0.29, 0.717) is 23.5 Å². The van der Waals surface area contributed by atoms with Gasteiger partial charge >= 0.3 is 12.3 Å². The summed E-state index contributed by atoms with van der Waals surface area (Å²) in [5.41, 5.74) is 0.243.